The van der Waals surface area contributed by atoms with Crippen LogP contribution in [0, 0.1) is 10.1 Å². The van der Waals surface area contributed by atoms with Crippen LogP contribution in [0.2, 0.25) is 0 Å². The minimum Gasteiger partial charge on any atom is -0.502 e. The van der Waals surface area contributed by atoms with Crippen molar-refractivity contribution < 1.29 is 18.8 Å². The lowest BCUT2D eigenvalue weighted by Gasteiger charge is -2.34. The van der Waals surface area contributed by atoms with Crippen molar-refractivity contribution in [3.8, 4) is 5.75 Å². The average molecular weight is 366 g/mol. The molecule has 116 valence electrons. The maximum atomic E-state index is 13.5. The van der Waals surface area contributed by atoms with Gasteiger partial charge in [0.1, 0.15) is 6.04 Å². The highest BCUT2D eigenvalue weighted by Gasteiger charge is 2.34. The van der Waals surface area contributed by atoms with Crippen molar-refractivity contribution in [2.45, 2.75) is 12.5 Å². The van der Waals surface area contributed by atoms with Gasteiger partial charge in [-0.25, -0.2) is 8.78 Å². The average Bonchev–Trinajstić information content (AvgIpc) is 2.43. The number of nitrogens with zero attached hydrogens (tertiary/aromatic N) is 2. The Morgan fingerprint density at radius 2 is 2.00 bits per heavy atom. The SMILES string of the molecule is O=[N+]([O-])c1cc(Br)cc([C@@H](C(F)F)N2CCNCC2)c1O. The Labute approximate surface area is 128 Å². The topological polar surface area (TPSA) is 78.6 Å². The second-order valence-corrected chi connectivity index (χ2v) is 5.60. The molecule has 1 heterocycles. The van der Waals surface area contributed by atoms with Gasteiger partial charge in [-0.05, 0) is 6.07 Å². The van der Waals surface area contributed by atoms with E-state index >= 15 is 0 Å². The highest BCUT2D eigenvalue weighted by Crippen LogP contribution is 2.41. The zero-order valence-corrected chi connectivity index (χ0v) is 12.5. The minimum absolute atomic E-state index is 0.132. The van der Waals surface area contributed by atoms with Gasteiger partial charge in [-0.3, -0.25) is 15.0 Å². The van der Waals surface area contributed by atoms with Gasteiger partial charge in [0.2, 0.25) is 0 Å². The smallest absolute Gasteiger partial charge is 0.312 e. The van der Waals surface area contributed by atoms with E-state index in [1.54, 1.807) is 0 Å². The van der Waals surface area contributed by atoms with E-state index < -0.39 is 28.8 Å². The molecule has 0 aliphatic carbocycles. The molecular formula is C12H14BrF2N3O3. The lowest BCUT2D eigenvalue weighted by Crippen LogP contribution is -2.46. The fraction of sp³-hybridized carbons (Fsp3) is 0.500. The third-order valence-corrected chi connectivity index (χ3v) is 3.84. The number of nitro groups is 1. The van der Waals surface area contributed by atoms with Crippen LogP contribution in [-0.2, 0) is 0 Å². The summed E-state index contributed by atoms with van der Waals surface area (Å²) < 4.78 is 27.2. The molecule has 21 heavy (non-hydrogen) atoms. The Morgan fingerprint density at radius 3 is 2.52 bits per heavy atom. The lowest BCUT2D eigenvalue weighted by molar-refractivity contribution is -0.386. The molecule has 1 aromatic carbocycles. The molecule has 2 N–H and O–H groups in total. The summed E-state index contributed by atoms with van der Waals surface area (Å²) in [5.41, 5.74) is -0.715. The van der Waals surface area contributed by atoms with E-state index in [0.29, 0.717) is 26.2 Å². The predicted octanol–water partition coefficient (Wildman–Crippen LogP) is 2.27. The van der Waals surface area contributed by atoms with E-state index in [0.717, 1.165) is 6.07 Å². The molecule has 2 rings (SSSR count). The van der Waals surface area contributed by atoms with Crippen LogP contribution in [-0.4, -0.2) is 47.5 Å². The van der Waals surface area contributed by atoms with Crippen LogP contribution < -0.4 is 5.32 Å². The first-order valence-electron chi connectivity index (χ1n) is 6.31. The van der Waals surface area contributed by atoms with E-state index in [1.165, 1.54) is 11.0 Å². The van der Waals surface area contributed by atoms with Crippen LogP contribution in [0.25, 0.3) is 0 Å². The maximum Gasteiger partial charge on any atom is 0.312 e. The number of piperazine rings is 1. The molecule has 0 bridgehead atoms. The fourth-order valence-corrected chi connectivity index (χ4v) is 2.89. The highest BCUT2D eigenvalue weighted by molar-refractivity contribution is 9.10. The Balaban J connectivity index is 2.47. The van der Waals surface area contributed by atoms with Crippen molar-refractivity contribution in [3.63, 3.8) is 0 Å². The molecule has 1 aliphatic heterocycles. The van der Waals surface area contributed by atoms with Crippen molar-refractivity contribution >= 4 is 21.6 Å². The number of alkyl halides is 2. The van der Waals surface area contributed by atoms with Gasteiger partial charge >= 0.3 is 5.69 Å². The number of phenolic OH excluding ortho intramolecular Hbond substituents is 1. The predicted molar refractivity (Wildman–Crippen MR) is 75.6 cm³/mol. The Kier molecular flexibility index (Phi) is 5.07. The van der Waals surface area contributed by atoms with E-state index in [9.17, 15) is 24.0 Å². The quantitative estimate of drug-likeness (QED) is 0.632. The molecule has 0 radical (unpaired) electrons. The number of phenols is 1. The molecule has 0 spiro atoms. The van der Waals surface area contributed by atoms with E-state index in [-0.39, 0.29) is 10.0 Å². The second kappa shape index (κ2) is 6.63. The second-order valence-electron chi connectivity index (χ2n) is 4.69. The van der Waals surface area contributed by atoms with Gasteiger partial charge in [-0.2, -0.15) is 0 Å². The molecule has 0 amide bonds. The van der Waals surface area contributed by atoms with Crippen LogP contribution >= 0.6 is 15.9 Å². The zero-order valence-electron chi connectivity index (χ0n) is 10.9. The molecule has 1 fully saturated rings. The first kappa shape index (κ1) is 16.1. The molecule has 9 heteroatoms. The van der Waals surface area contributed by atoms with Gasteiger partial charge in [0.25, 0.3) is 6.43 Å². The van der Waals surface area contributed by atoms with Gasteiger partial charge in [-0.15, -0.1) is 0 Å². The number of hydrogen-bond acceptors (Lipinski definition) is 5. The first-order valence-corrected chi connectivity index (χ1v) is 7.11. The van der Waals surface area contributed by atoms with Gasteiger partial charge in [-0.1, -0.05) is 15.9 Å². The van der Waals surface area contributed by atoms with Crippen molar-refractivity contribution in [1.29, 1.82) is 0 Å². The fourth-order valence-electron chi connectivity index (χ4n) is 2.42. The molecular weight excluding hydrogens is 352 g/mol. The maximum absolute atomic E-state index is 13.5. The molecule has 0 unspecified atom stereocenters. The summed E-state index contributed by atoms with van der Waals surface area (Å²) in [7, 11) is 0. The molecule has 0 aromatic heterocycles. The van der Waals surface area contributed by atoms with Gasteiger partial charge in [0.05, 0.1) is 4.92 Å². The standard InChI is InChI=1S/C12H14BrF2N3O3/c13-7-5-8(11(19)9(6-7)18(20)21)10(12(14)15)17-3-1-16-2-4-17/h5-6,10,12,16,19H,1-4H2/t10-/m0/s1. The lowest BCUT2D eigenvalue weighted by atomic mass is 10.0. The highest BCUT2D eigenvalue weighted by atomic mass is 79.9. The first-order chi connectivity index (χ1) is 9.91. The normalized spacial score (nSPS) is 17.9. The number of nitro benzene ring substituents is 1. The molecule has 1 saturated heterocycles. The third kappa shape index (κ3) is 3.47. The monoisotopic (exact) mass is 365 g/mol. The number of rotatable bonds is 4. The molecule has 1 aromatic rings. The van der Waals surface area contributed by atoms with Crippen LogP contribution in [0.4, 0.5) is 14.5 Å². The summed E-state index contributed by atoms with van der Waals surface area (Å²) in [6.45, 7) is 1.88. The summed E-state index contributed by atoms with van der Waals surface area (Å²) >= 11 is 3.07. The van der Waals surface area contributed by atoms with Crippen molar-refractivity contribution in [1.82, 2.24) is 10.2 Å². The summed E-state index contributed by atoms with van der Waals surface area (Å²) in [5.74, 6) is -0.702. The third-order valence-electron chi connectivity index (χ3n) is 3.38. The summed E-state index contributed by atoms with van der Waals surface area (Å²) in [4.78, 5) is 11.6. The largest absolute Gasteiger partial charge is 0.502 e. The van der Waals surface area contributed by atoms with Gasteiger partial charge in [0.15, 0.2) is 5.75 Å². The van der Waals surface area contributed by atoms with Gasteiger partial charge < -0.3 is 10.4 Å². The molecule has 6 nitrogen and oxygen atoms in total. The summed E-state index contributed by atoms with van der Waals surface area (Å²) in [6, 6.07) is 1.03. The Morgan fingerprint density at radius 1 is 1.38 bits per heavy atom. The molecule has 1 aliphatic rings. The number of hydrogen-bond donors (Lipinski definition) is 2. The van der Waals surface area contributed by atoms with Crippen LogP contribution in [0.3, 0.4) is 0 Å². The number of aromatic hydroxyl groups is 1. The Bertz CT molecular complexity index is 539. The van der Waals surface area contributed by atoms with Crippen molar-refractivity contribution in [2.75, 3.05) is 26.2 Å². The van der Waals surface area contributed by atoms with Crippen LogP contribution in [0.5, 0.6) is 5.75 Å². The zero-order chi connectivity index (χ0) is 15.6. The number of halogens is 3. The molecule has 1 atom stereocenters. The number of nitrogens with one attached hydrogen (secondary N) is 1. The Hall–Kier alpha value is -1.32. The summed E-state index contributed by atoms with van der Waals surface area (Å²) in [5, 5.41) is 24.0. The van der Waals surface area contributed by atoms with Crippen molar-refractivity contribution in [2.24, 2.45) is 0 Å². The van der Waals surface area contributed by atoms with E-state index in [4.69, 9.17) is 0 Å². The van der Waals surface area contributed by atoms with Crippen molar-refractivity contribution in [3.05, 3.63) is 32.3 Å². The summed E-state index contributed by atoms with van der Waals surface area (Å²) in [6.07, 6.45) is -2.76. The minimum atomic E-state index is -2.76. The number of benzene rings is 1. The van der Waals surface area contributed by atoms with Crippen LogP contribution in [0.1, 0.15) is 11.6 Å². The van der Waals surface area contributed by atoms with E-state index in [1.807, 2.05) is 0 Å². The van der Waals surface area contributed by atoms with Gasteiger partial charge in [0, 0.05) is 42.3 Å². The van der Waals surface area contributed by atoms with Crippen LogP contribution in [0.15, 0.2) is 16.6 Å². The molecule has 0 saturated carbocycles. The van der Waals surface area contributed by atoms with E-state index in [2.05, 4.69) is 21.2 Å².